The number of hydrogen-bond donors (Lipinski definition) is 2. The molecule has 2 aromatic rings. The highest BCUT2D eigenvalue weighted by molar-refractivity contribution is 7.92. The van der Waals surface area contributed by atoms with Crippen LogP contribution in [0.5, 0.6) is 0 Å². The van der Waals surface area contributed by atoms with Crippen molar-refractivity contribution in [1.82, 2.24) is 4.72 Å². The molecule has 0 bridgehead atoms. The Kier molecular flexibility index (Phi) is 5.13. The average Bonchev–Trinajstić information content (AvgIpc) is 2.52. The topological polar surface area (TPSA) is 84.5 Å². The van der Waals surface area contributed by atoms with Gasteiger partial charge in [0.05, 0.1) is 5.69 Å². The van der Waals surface area contributed by atoms with Gasteiger partial charge in [-0.15, -0.1) is 0 Å². The summed E-state index contributed by atoms with van der Waals surface area (Å²) in [6.07, 6.45) is -0.644. The van der Waals surface area contributed by atoms with Gasteiger partial charge in [0.25, 0.3) is 0 Å². The monoisotopic (exact) mass is 320 g/mol. The zero-order valence-corrected chi connectivity index (χ0v) is 12.6. The van der Waals surface area contributed by atoms with Crippen LogP contribution < -0.4 is 10.0 Å². The van der Waals surface area contributed by atoms with E-state index in [4.69, 9.17) is 4.74 Å². The minimum Gasteiger partial charge on any atom is -0.448 e. The molecular weight excluding hydrogens is 304 g/mol. The highest BCUT2D eigenvalue weighted by Crippen LogP contribution is 2.22. The zero-order chi connectivity index (χ0) is 16.0. The molecule has 2 N–H and O–H groups in total. The molecule has 0 aliphatic carbocycles. The summed E-state index contributed by atoms with van der Waals surface area (Å²) < 4.78 is 29.3. The molecule has 116 valence electrons. The summed E-state index contributed by atoms with van der Waals surface area (Å²) in [7, 11) is -3.50. The van der Waals surface area contributed by atoms with Crippen molar-refractivity contribution in [3.8, 4) is 0 Å². The molecule has 6 nitrogen and oxygen atoms in total. The first-order chi connectivity index (χ1) is 10.5. The van der Waals surface area contributed by atoms with Gasteiger partial charge < -0.3 is 4.74 Å². The van der Waals surface area contributed by atoms with E-state index in [2.05, 4.69) is 16.6 Å². The quantitative estimate of drug-likeness (QED) is 0.801. The van der Waals surface area contributed by atoms with Gasteiger partial charge in [0.2, 0.25) is 10.0 Å². The molecule has 2 rings (SSSR count). The maximum atomic E-state index is 11.7. The normalized spacial score (nSPS) is 11.1. The third-order valence-electron chi connectivity index (χ3n) is 2.88. The van der Waals surface area contributed by atoms with Crippen LogP contribution in [0.25, 0.3) is 10.8 Å². The van der Waals surface area contributed by atoms with Gasteiger partial charge in [-0.2, -0.15) is 0 Å². The Morgan fingerprint density at radius 2 is 1.91 bits per heavy atom. The zero-order valence-electron chi connectivity index (χ0n) is 11.8. The predicted molar refractivity (Wildman–Crippen MR) is 86.0 cm³/mol. The number of sulfonamides is 1. The molecule has 0 spiro atoms. The van der Waals surface area contributed by atoms with Gasteiger partial charge in [0, 0.05) is 17.3 Å². The fraction of sp³-hybridized carbons (Fsp3) is 0.133. The third kappa shape index (κ3) is 4.31. The summed E-state index contributed by atoms with van der Waals surface area (Å²) in [5.41, 5.74) is 0.634. The minimum absolute atomic E-state index is 0.0166. The van der Waals surface area contributed by atoms with Crippen molar-refractivity contribution in [2.24, 2.45) is 0 Å². The SMILES string of the molecule is C=CS(=O)(=O)NCCOC(=O)Nc1cccc2ccccc12. The molecule has 0 heterocycles. The van der Waals surface area contributed by atoms with Gasteiger partial charge in [0.15, 0.2) is 0 Å². The molecule has 0 aliphatic heterocycles. The van der Waals surface area contributed by atoms with E-state index in [0.29, 0.717) is 5.69 Å². The molecule has 0 aliphatic rings. The van der Waals surface area contributed by atoms with Gasteiger partial charge in [-0.1, -0.05) is 43.0 Å². The third-order valence-corrected chi connectivity index (χ3v) is 3.93. The number of amides is 1. The van der Waals surface area contributed by atoms with Gasteiger partial charge >= 0.3 is 6.09 Å². The molecule has 22 heavy (non-hydrogen) atoms. The first-order valence-electron chi connectivity index (χ1n) is 6.55. The molecule has 2 aromatic carbocycles. The van der Waals surface area contributed by atoms with E-state index in [0.717, 1.165) is 16.2 Å². The van der Waals surface area contributed by atoms with Crippen LogP contribution in [-0.4, -0.2) is 27.7 Å². The van der Waals surface area contributed by atoms with E-state index in [1.165, 1.54) is 0 Å². The van der Waals surface area contributed by atoms with Crippen molar-refractivity contribution in [1.29, 1.82) is 0 Å². The van der Waals surface area contributed by atoms with E-state index < -0.39 is 16.1 Å². The summed E-state index contributed by atoms with van der Waals surface area (Å²) in [5, 5.41) is 5.33. The molecule has 1 amide bonds. The molecule has 7 heteroatoms. The number of fused-ring (bicyclic) bond motifs is 1. The van der Waals surface area contributed by atoms with Gasteiger partial charge in [0.1, 0.15) is 6.61 Å². The number of benzene rings is 2. The van der Waals surface area contributed by atoms with Crippen LogP contribution in [0.1, 0.15) is 0 Å². The number of nitrogens with one attached hydrogen (secondary N) is 2. The van der Waals surface area contributed by atoms with Gasteiger partial charge in [-0.05, 0) is 11.5 Å². The second-order valence-corrected chi connectivity index (χ2v) is 6.11. The van der Waals surface area contributed by atoms with Crippen LogP contribution in [-0.2, 0) is 14.8 Å². The second-order valence-electron chi connectivity index (χ2n) is 4.39. The van der Waals surface area contributed by atoms with E-state index in [9.17, 15) is 13.2 Å². The molecule has 0 aromatic heterocycles. The van der Waals surface area contributed by atoms with Crippen LogP contribution >= 0.6 is 0 Å². The average molecular weight is 320 g/mol. The summed E-state index contributed by atoms with van der Waals surface area (Å²) in [6, 6.07) is 13.2. The molecule has 0 fully saturated rings. The Labute approximate surface area is 128 Å². The number of anilines is 1. The summed E-state index contributed by atoms with van der Waals surface area (Å²) in [6.45, 7) is 3.06. The fourth-order valence-electron chi connectivity index (χ4n) is 1.87. The first kappa shape index (κ1) is 16.0. The summed E-state index contributed by atoms with van der Waals surface area (Å²) >= 11 is 0. The highest BCUT2D eigenvalue weighted by Gasteiger charge is 2.07. The Morgan fingerprint density at radius 1 is 1.18 bits per heavy atom. The van der Waals surface area contributed by atoms with Crippen molar-refractivity contribution in [3.05, 3.63) is 54.5 Å². The number of ether oxygens (including phenoxy) is 1. The lowest BCUT2D eigenvalue weighted by atomic mass is 10.1. The highest BCUT2D eigenvalue weighted by atomic mass is 32.2. The lowest BCUT2D eigenvalue weighted by Gasteiger charge is -2.09. The number of rotatable bonds is 6. The van der Waals surface area contributed by atoms with E-state index >= 15 is 0 Å². The Morgan fingerprint density at radius 3 is 2.68 bits per heavy atom. The van der Waals surface area contributed by atoms with E-state index in [1.807, 2.05) is 36.4 Å². The van der Waals surface area contributed by atoms with Crippen molar-refractivity contribution < 1.29 is 17.9 Å². The maximum absolute atomic E-state index is 11.7. The van der Waals surface area contributed by atoms with Crippen molar-refractivity contribution in [2.75, 3.05) is 18.5 Å². The Bertz CT molecular complexity index is 782. The van der Waals surface area contributed by atoms with Crippen molar-refractivity contribution in [3.63, 3.8) is 0 Å². The standard InChI is InChI=1S/C15H16N2O4S/c1-2-22(19,20)16-10-11-21-15(18)17-14-9-5-7-12-6-3-4-8-13(12)14/h2-9,16H,1,10-11H2,(H,17,18). The predicted octanol–water partition coefficient (Wildman–Crippen LogP) is 2.45. The Balaban J connectivity index is 1.90. The van der Waals surface area contributed by atoms with E-state index in [-0.39, 0.29) is 13.2 Å². The lowest BCUT2D eigenvalue weighted by molar-refractivity contribution is 0.164. The van der Waals surface area contributed by atoms with Crippen molar-refractivity contribution in [2.45, 2.75) is 0 Å². The van der Waals surface area contributed by atoms with Crippen LogP contribution in [0.15, 0.2) is 54.5 Å². The van der Waals surface area contributed by atoms with Gasteiger partial charge in [-0.3, -0.25) is 5.32 Å². The summed E-state index contributed by atoms with van der Waals surface area (Å²) in [5.74, 6) is 0. The molecule has 0 unspecified atom stereocenters. The number of carbonyl (C=O) groups is 1. The van der Waals surface area contributed by atoms with E-state index in [1.54, 1.807) is 6.07 Å². The lowest BCUT2D eigenvalue weighted by Crippen LogP contribution is -2.27. The molecular formula is C15H16N2O4S. The fourth-order valence-corrected chi connectivity index (χ4v) is 2.35. The van der Waals surface area contributed by atoms with Crippen LogP contribution in [0, 0.1) is 0 Å². The molecule has 0 radical (unpaired) electrons. The molecule has 0 atom stereocenters. The molecule has 0 saturated carbocycles. The number of hydrogen-bond acceptors (Lipinski definition) is 4. The minimum atomic E-state index is -3.50. The Hall–Kier alpha value is -2.38. The molecule has 0 saturated heterocycles. The first-order valence-corrected chi connectivity index (χ1v) is 8.10. The van der Waals surface area contributed by atoms with Crippen LogP contribution in [0.2, 0.25) is 0 Å². The largest absolute Gasteiger partial charge is 0.448 e. The van der Waals surface area contributed by atoms with Crippen LogP contribution in [0.4, 0.5) is 10.5 Å². The van der Waals surface area contributed by atoms with Crippen LogP contribution in [0.3, 0.4) is 0 Å². The van der Waals surface area contributed by atoms with Gasteiger partial charge in [-0.25, -0.2) is 17.9 Å². The summed E-state index contributed by atoms with van der Waals surface area (Å²) in [4.78, 5) is 11.7. The number of carbonyl (C=O) groups excluding carboxylic acids is 1. The maximum Gasteiger partial charge on any atom is 0.411 e. The van der Waals surface area contributed by atoms with Crippen molar-refractivity contribution >= 4 is 32.6 Å². The smallest absolute Gasteiger partial charge is 0.411 e. The second kappa shape index (κ2) is 7.06.